The number of amides is 3. The summed E-state index contributed by atoms with van der Waals surface area (Å²) in [6.45, 7) is 14.7. The number of aliphatic hydroxyl groups excluding tert-OH is 1. The third kappa shape index (κ3) is 9.75. The summed E-state index contributed by atoms with van der Waals surface area (Å²) in [5, 5.41) is 35.8. The van der Waals surface area contributed by atoms with Gasteiger partial charge in [-0.1, -0.05) is 69.3 Å². The van der Waals surface area contributed by atoms with Gasteiger partial charge in [-0.2, -0.15) is 0 Å². The minimum absolute atomic E-state index is 0.0565. The lowest BCUT2D eigenvalue weighted by Gasteiger charge is -2.35. The summed E-state index contributed by atoms with van der Waals surface area (Å²) in [5.41, 5.74) is 8.60. The molecule has 0 radical (unpaired) electrons. The van der Waals surface area contributed by atoms with Crippen LogP contribution >= 0.6 is 22.7 Å². The lowest BCUT2D eigenvalue weighted by molar-refractivity contribution is -0.144. The average Bonchev–Trinajstić information content (AvgIpc) is 4.06. The number of aliphatic hydroxyl groups is 1. The molecule has 19 heteroatoms. The molecule has 8 rings (SSSR count). The highest BCUT2D eigenvalue weighted by Gasteiger charge is 2.45. The fourth-order valence-corrected chi connectivity index (χ4v) is 10.4. The highest BCUT2D eigenvalue weighted by Crippen LogP contribution is 2.40. The first kappa shape index (κ1) is 46.8. The van der Waals surface area contributed by atoms with Crippen molar-refractivity contribution in [2.45, 2.75) is 98.5 Å². The summed E-state index contributed by atoms with van der Waals surface area (Å²) < 4.78 is 7.62. The minimum Gasteiger partial charge on any atom is -0.481 e. The standard InChI is InChI=1S/C48H52N10O7S2/c1-24-27(4)67-47-40(24)41(53-34(18-39(61)62)44-56-55-28(5)58(44)47)31-13-11-30(12-14-31)35-19-50-38(20-49-35)65-22-37(60)54-43(48(6,7)8)46(64)57-21-33(59)17-36(57)45(63)52-25(2)29-9-15-32(16-10-29)42-26(3)51-23-66-42/h9-16,19-20,23,25,33-34,36,43,59H,17-18,21-22H2,1-8H3,(H,52,63)(H,54,60)(H,61,62)/t25-,33+,34-,36-,43+/m0/s1. The Hall–Kier alpha value is -6.70. The van der Waals surface area contributed by atoms with Crippen LogP contribution < -0.4 is 15.4 Å². The number of carboxylic acids is 1. The average molecular weight is 945 g/mol. The zero-order chi connectivity index (χ0) is 47.9. The number of carbonyl (C=O) groups excluding carboxylic acids is 3. The van der Waals surface area contributed by atoms with Gasteiger partial charge in [-0.15, -0.1) is 32.9 Å². The van der Waals surface area contributed by atoms with E-state index in [1.807, 2.05) is 114 Å². The van der Waals surface area contributed by atoms with Gasteiger partial charge < -0.3 is 30.5 Å². The number of thiazole rings is 1. The smallest absolute Gasteiger partial charge is 0.306 e. The predicted octanol–water partition coefficient (Wildman–Crippen LogP) is 6.26. The van der Waals surface area contributed by atoms with Gasteiger partial charge in [0.2, 0.25) is 17.7 Å². The molecule has 5 atom stereocenters. The van der Waals surface area contributed by atoms with Crippen LogP contribution in [0, 0.1) is 33.1 Å². The Morgan fingerprint density at radius 3 is 2.25 bits per heavy atom. The molecule has 67 heavy (non-hydrogen) atoms. The van der Waals surface area contributed by atoms with Gasteiger partial charge in [-0.05, 0) is 56.7 Å². The molecule has 0 unspecified atom stereocenters. The Kier molecular flexibility index (Phi) is 13.2. The van der Waals surface area contributed by atoms with Crippen LogP contribution in [0.25, 0.3) is 26.7 Å². The highest BCUT2D eigenvalue weighted by molar-refractivity contribution is 7.15. The van der Waals surface area contributed by atoms with Crippen LogP contribution in [0.3, 0.4) is 0 Å². The number of rotatable bonds is 13. The van der Waals surface area contributed by atoms with Crippen LogP contribution in [0.1, 0.15) is 97.1 Å². The number of fused-ring (bicyclic) bond motifs is 3. The molecule has 6 heterocycles. The summed E-state index contributed by atoms with van der Waals surface area (Å²) >= 11 is 3.15. The molecule has 3 amide bonds. The van der Waals surface area contributed by atoms with Crippen molar-refractivity contribution in [1.82, 2.24) is 45.2 Å². The molecule has 4 aromatic heterocycles. The summed E-state index contributed by atoms with van der Waals surface area (Å²) in [4.78, 5) is 75.0. The first-order chi connectivity index (χ1) is 31.9. The maximum atomic E-state index is 14.2. The molecule has 0 aliphatic carbocycles. The lowest BCUT2D eigenvalue weighted by atomic mass is 9.85. The number of ether oxygens (including phenoxy) is 1. The topological polar surface area (TPSA) is 227 Å². The van der Waals surface area contributed by atoms with E-state index in [4.69, 9.17) is 9.73 Å². The Morgan fingerprint density at radius 1 is 0.910 bits per heavy atom. The van der Waals surface area contributed by atoms with Gasteiger partial charge in [-0.3, -0.25) is 28.7 Å². The molecule has 2 aliphatic heterocycles. The van der Waals surface area contributed by atoms with E-state index < -0.39 is 59.9 Å². The van der Waals surface area contributed by atoms with Gasteiger partial charge in [-0.25, -0.2) is 15.0 Å². The van der Waals surface area contributed by atoms with Crippen molar-refractivity contribution in [2.24, 2.45) is 10.4 Å². The van der Waals surface area contributed by atoms with Crippen LogP contribution in [-0.4, -0.2) is 106 Å². The Morgan fingerprint density at radius 2 is 1.61 bits per heavy atom. The molecule has 1 saturated heterocycles. The summed E-state index contributed by atoms with van der Waals surface area (Å²) in [7, 11) is 0. The van der Waals surface area contributed by atoms with Crippen molar-refractivity contribution in [3.05, 3.63) is 111 Å². The van der Waals surface area contributed by atoms with Crippen molar-refractivity contribution in [3.8, 4) is 32.6 Å². The number of thiophene rings is 1. The number of aromatic nitrogens is 6. The first-order valence-corrected chi connectivity index (χ1v) is 23.5. The predicted molar refractivity (Wildman–Crippen MR) is 253 cm³/mol. The van der Waals surface area contributed by atoms with E-state index in [0.29, 0.717) is 23.1 Å². The van der Waals surface area contributed by atoms with Crippen LogP contribution in [0.5, 0.6) is 5.88 Å². The molecule has 2 aliphatic rings. The van der Waals surface area contributed by atoms with Crippen molar-refractivity contribution < 1.29 is 34.1 Å². The Balaban J connectivity index is 0.902. The molecule has 0 bridgehead atoms. The zero-order valence-corrected chi connectivity index (χ0v) is 40.0. The van der Waals surface area contributed by atoms with Gasteiger partial charge in [0.05, 0.1) is 58.4 Å². The summed E-state index contributed by atoms with van der Waals surface area (Å²) in [5.74, 6) is -1.24. The second-order valence-corrected chi connectivity index (χ2v) is 20.0. The number of aryl methyl sites for hydroxylation is 3. The van der Waals surface area contributed by atoms with Crippen molar-refractivity contribution in [1.29, 1.82) is 0 Å². The van der Waals surface area contributed by atoms with Crippen LogP contribution in [0.15, 0.2) is 71.4 Å². The van der Waals surface area contributed by atoms with Crippen molar-refractivity contribution >= 4 is 52.1 Å². The second kappa shape index (κ2) is 18.9. The van der Waals surface area contributed by atoms with E-state index in [0.717, 1.165) is 53.8 Å². The number of aliphatic carboxylic acids is 1. The van der Waals surface area contributed by atoms with Gasteiger partial charge in [0.15, 0.2) is 12.4 Å². The molecule has 1 fully saturated rings. The molecule has 348 valence electrons. The maximum absolute atomic E-state index is 14.2. The van der Waals surface area contributed by atoms with Gasteiger partial charge >= 0.3 is 5.97 Å². The van der Waals surface area contributed by atoms with E-state index in [-0.39, 0.29) is 31.3 Å². The van der Waals surface area contributed by atoms with Gasteiger partial charge in [0, 0.05) is 34.5 Å². The SMILES string of the molecule is Cc1ncsc1-c1ccc([C@H](C)NC(=O)[C@@H]2C[C@@H](O)CN2C(=O)[C@@H](NC(=O)COc2cnc(-c3ccc(C4=N[C@@H](CC(=O)O)c5nnc(C)n5-c5sc(C)c(C)c54)cc3)cn2)C(C)(C)C)cc1. The molecule has 0 saturated carbocycles. The maximum Gasteiger partial charge on any atom is 0.306 e. The highest BCUT2D eigenvalue weighted by atomic mass is 32.1. The number of carbonyl (C=O) groups is 4. The monoisotopic (exact) mass is 944 g/mol. The van der Waals surface area contributed by atoms with Gasteiger partial charge in [0.1, 0.15) is 29.0 Å². The second-order valence-electron chi connectivity index (χ2n) is 18.0. The van der Waals surface area contributed by atoms with E-state index in [1.165, 1.54) is 17.3 Å². The third-order valence-electron chi connectivity index (χ3n) is 12.1. The van der Waals surface area contributed by atoms with Crippen molar-refractivity contribution in [3.63, 3.8) is 0 Å². The largest absolute Gasteiger partial charge is 0.481 e. The Labute approximate surface area is 395 Å². The number of β-amino-alcohol motifs (C(OH)–C–C–N with tert-alkyl or cyclic N) is 1. The molecule has 4 N–H and O–H groups in total. The van der Waals surface area contributed by atoms with E-state index in [1.54, 1.807) is 22.7 Å². The van der Waals surface area contributed by atoms with E-state index in [2.05, 4.69) is 35.8 Å². The Bertz CT molecular complexity index is 2860. The molecule has 6 aromatic rings. The number of benzene rings is 2. The van der Waals surface area contributed by atoms with Crippen LogP contribution in [-0.2, 0) is 19.2 Å². The fourth-order valence-electron chi connectivity index (χ4n) is 8.39. The van der Waals surface area contributed by atoms with Crippen molar-refractivity contribution in [2.75, 3.05) is 13.2 Å². The molecular weight excluding hydrogens is 893 g/mol. The van der Waals surface area contributed by atoms with E-state index >= 15 is 0 Å². The third-order valence-corrected chi connectivity index (χ3v) is 14.3. The minimum atomic E-state index is -1.05. The summed E-state index contributed by atoms with van der Waals surface area (Å²) in [6, 6.07) is 12.4. The molecule has 2 aromatic carbocycles. The van der Waals surface area contributed by atoms with Crippen LogP contribution in [0.4, 0.5) is 0 Å². The fraction of sp³-hybridized carbons (Fsp3) is 0.375. The van der Waals surface area contributed by atoms with Crippen LogP contribution in [0.2, 0.25) is 0 Å². The number of nitrogens with one attached hydrogen (secondary N) is 2. The number of likely N-dealkylation sites (tertiary alicyclic amines) is 1. The lowest BCUT2D eigenvalue weighted by Crippen LogP contribution is -2.58. The number of carboxylic acid groups (broad SMARTS) is 1. The van der Waals surface area contributed by atoms with E-state index in [9.17, 15) is 29.4 Å². The number of nitrogens with zero attached hydrogens (tertiary/aromatic N) is 8. The normalized spacial score (nSPS) is 17.7. The zero-order valence-electron chi connectivity index (χ0n) is 38.4. The number of aliphatic imine (C=N–C) groups is 1. The molecule has 17 nitrogen and oxygen atoms in total. The molecular formula is C48H52N10O7S2. The number of hydrogen-bond donors (Lipinski definition) is 4. The van der Waals surface area contributed by atoms with Gasteiger partial charge in [0.25, 0.3) is 5.91 Å². The summed E-state index contributed by atoms with van der Waals surface area (Å²) in [6.07, 6.45) is 1.83. The number of hydrogen-bond acceptors (Lipinski definition) is 14. The molecule has 0 spiro atoms. The quantitative estimate of drug-likeness (QED) is 0.101. The first-order valence-electron chi connectivity index (χ1n) is 21.8.